The summed E-state index contributed by atoms with van der Waals surface area (Å²) in [5, 5.41) is 3.11. The number of carbonyl (C=O) groups excluding carboxylic acids is 1. The van der Waals surface area contributed by atoms with Gasteiger partial charge in [0.1, 0.15) is 0 Å². The molecular formula is C19H29N3O. The van der Waals surface area contributed by atoms with Gasteiger partial charge in [-0.1, -0.05) is 31.4 Å². The Bertz CT molecular complexity index is 500. The predicted molar refractivity (Wildman–Crippen MR) is 94.6 cm³/mol. The smallest absolute Gasteiger partial charge is 0.223 e. The molecule has 1 aliphatic carbocycles. The monoisotopic (exact) mass is 315 g/mol. The van der Waals surface area contributed by atoms with Crippen LogP contribution >= 0.6 is 0 Å². The highest BCUT2D eigenvalue weighted by Gasteiger charge is 2.20. The number of nitrogens with zero attached hydrogens (tertiary/aromatic N) is 2. The van der Waals surface area contributed by atoms with Crippen molar-refractivity contribution >= 4 is 11.6 Å². The standard InChI is InChI=1S/C19H29N3O/c1-21-11-13-22(14-12-21)18-9-7-16(8-10-18)15-20-19(23)17-5-3-2-4-6-17/h7-10,17H,2-6,11-15H2,1H3,(H,20,23). The van der Waals surface area contributed by atoms with Crippen molar-refractivity contribution in [3.8, 4) is 0 Å². The first-order valence-corrected chi connectivity index (χ1v) is 9.02. The molecule has 0 aromatic heterocycles. The molecule has 1 saturated carbocycles. The Morgan fingerprint density at radius 2 is 1.70 bits per heavy atom. The van der Waals surface area contributed by atoms with E-state index in [-0.39, 0.29) is 11.8 Å². The van der Waals surface area contributed by atoms with Gasteiger partial charge in [0.05, 0.1) is 0 Å². The number of amides is 1. The minimum absolute atomic E-state index is 0.243. The summed E-state index contributed by atoms with van der Waals surface area (Å²) in [6, 6.07) is 8.67. The summed E-state index contributed by atoms with van der Waals surface area (Å²) in [5.74, 6) is 0.487. The van der Waals surface area contributed by atoms with Gasteiger partial charge in [0.25, 0.3) is 0 Å². The summed E-state index contributed by atoms with van der Waals surface area (Å²) in [6.45, 7) is 5.08. The minimum Gasteiger partial charge on any atom is -0.369 e. The Hall–Kier alpha value is -1.55. The molecule has 1 aliphatic heterocycles. The zero-order valence-corrected chi connectivity index (χ0v) is 14.3. The van der Waals surface area contributed by atoms with Crippen molar-refractivity contribution in [2.24, 2.45) is 5.92 Å². The lowest BCUT2D eigenvalue weighted by molar-refractivity contribution is -0.126. The number of likely N-dealkylation sites (N-methyl/N-ethyl adjacent to an activating group) is 1. The second kappa shape index (κ2) is 7.82. The number of carbonyl (C=O) groups is 1. The maximum atomic E-state index is 12.2. The summed E-state index contributed by atoms with van der Waals surface area (Å²) in [6.07, 6.45) is 5.83. The average molecular weight is 315 g/mol. The van der Waals surface area contributed by atoms with Crippen LogP contribution in [0.15, 0.2) is 24.3 Å². The molecule has 0 spiro atoms. The Balaban J connectivity index is 1.48. The van der Waals surface area contributed by atoms with E-state index in [0.29, 0.717) is 6.54 Å². The molecule has 0 bridgehead atoms. The molecule has 4 heteroatoms. The Morgan fingerprint density at radius 3 is 2.35 bits per heavy atom. The maximum Gasteiger partial charge on any atom is 0.223 e. The molecule has 0 radical (unpaired) electrons. The van der Waals surface area contributed by atoms with Gasteiger partial charge in [-0.2, -0.15) is 0 Å². The van der Waals surface area contributed by atoms with Gasteiger partial charge in [-0.15, -0.1) is 0 Å². The van der Waals surface area contributed by atoms with E-state index in [4.69, 9.17) is 0 Å². The molecule has 1 aromatic rings. The fourth-order valence-corrected chi connectivity index (χ4v) is 3.59. The Kier molecular flexibility index (Phi) is 5.55. The van der Waals surface area contributed by atoms with Gasteiger partial charge in [-0.25, -0.2) is 0 Å². The van der Waals surface area contributed by atoms with Crippen LogP contribution < -0.4 is 10.2 Å². The lowest BCUT2D eigenvalue weighted by atomic mass is 9.88. The zero-order chi connectivity index (χ0) is 16.1. The van der Waals surface area contributed by atoms with E-state index < -0.39 is 0 Å². The van der Waals surface area contributed by atoms with E-state index in [1.54, 1.807) is 0 Å². The number of hydrogen-bond donors (Lipinski definition) is 1. The molecule has 0 unspecified atom stereocenters. The summed E-state index contributed by atoms with van der Waals surface area (Å²) < 4.78 is 0. The summed E-state index contributed by atoms with van der Waals surface area (Å²) >= 11 is 0. The molecule has 2 fully saturated rings. The quantitative estimate of drug-likeness (QED) is 0.928. The van der Waals surface area contributed by atoms with E-state index in [1.165, 1.54) is 30.5 Å². The van der Waals surface area contributed by atoms with Crippen LogP contribution in [0.5, 0.6) is 0 Å². The van der Waals surface area contributed by atoms with Crippen molar-refractivity contribution in [1.82, 2.24) is 10.2 Å². The van der Waals surface area contributed by atoms with E-state index in [0.717, 1.165) is 39.0 Å². The second-order valence-corrected chi connectivity index (χ2v) is 7.01. The molecule has 1 aromatic carbocycles. The van der Waals surface area contributed by atoms with Crippen LogP contribution in [0.1, 0.15) is 37.7 Å². The molecule has 23 heavy (non-hydrogen) atoms. The largest absolute Gasteiger partial charge is 0.369 e. The van der Waals surface area contributed by atoms with Crippen LogP contribution in [-0.4, -0.2) is 44.0 Å². The van der Waals surface area contributed by atoms with Crippen LogP contribution in [0.2, 0.25) is 0 Å². The minimum atomic E-state index is 0.243. The first-order chi connectivity index (χ1) is 11.2. The molecule has 1 saturated heterocycles. The number of nitrogens with one attached hydrogen (secondary N) is 1. The van der Waals surface area contributed by atoms with Crippen LogP contribution in [0.25, 0.3) is 0 Å². The van der Waals surface area contributed by atoms with Gasteiger partial charge >= 0.3 is 0 Å². The predicted octanol–water partition coefficient (Wildman–Crippen LogP) is 2.63. The van der Waals surface area contributed by atoms with Gasteiger partial charge < -0.3 is 15.1 Å². The van der Waals surface area contributed by atoms with E-state index in [1.807, 2.05) is 0 Å². The van der Waals surface area contributed by atoms with Gasteiger partial charge in [0.2, 0.25) is 5.91 Å². The van der Waals surface area contributed by atoms with Crippen molar-refractivity contribution in [2.45, 2.75) is 38.6 Å². The van der Waals surface area contributed by atoms with Gasteiger partial charge in [0.15, 0.2) is 0 Å². The van der Waals surface area contributed by atoms with Crippen LogP contribution in [0.3, 0.4) is 0 Å². The maximum absolute atomic E-state index is 12.2. The molecule has 126 valence electrons. The highest BCUT2D eigenvalue weighted by molar-refractivity contribution is 5.78. The average Bonchev–Trinajstić information content (AvgIpc) is 2.61. The third-order valence-corrected chi connectivity index (χ3v) is 5.25. The van der Waals surface area contributed by atoms with E-state index in [2.05, 4.69) is 46.4 Å². The number of piperazine rings is 1. The number of hydrogen-bond acceptors (Lipinski definition) is 3. The van der Waals surface area contributed by atoms with Gasteiger partial charge in [0, 0.05) is 44.3 Å². The van der Waals surface area contributed by atoms with E-state index in [9.17, 15) is 4.79 Å². The summed E-state index contributed by atoms with van der Waals surface area (Å²) in [4.78, 5) is 17.0. The summed E-state index contributed by atoms with van der Waals surface area (Å²) in [5.41, 5.74) is 2.48. The van der Waals surface area contributed by atoms with Crippen LogP contribution in [-0.2, 0) is 11.3 Å². The Labute approximate surface area is 139 Å². The van der Waals surface area contributed by atoms with Crippen molar-refractivity contribution in [1.29, 1.82) is 0 Å². The Morgan fingerprint density at radius 1 is 1.04 bits per heavy atom. The first kappa shape index (κ1) is 16.3. The summed E-state index contributed by atoms with van der Waals surface area (Å²) in [7, 11) is 2.18. The lowest BCUT2D eigenvalue weighted by Gasteiger charge is -2.34. The molecule has 1 heterocycles. The molecule has 1 N–H and O–H groups in total. The first-order valence-electron chi connectivity index (χ1n) is 9.02. The third-order valence-electron chi connectivity index (χ3n) is 5.25. The number of rotatable bonds is 4. The molecular weight excluding hydrogens is 286 g/mol. The third kappa shape index (κ3) is 4.47. The highest BCUT2D eigenvalue weighted by atomic mass is 16.1. The van der Waals surface area contributed by atoms with Gasteiger partial charge in [-0.05, 0) is 37.6 Å². The normalized spacial score (nSPS) is 20.5. The zero-order valence-electron chi connectivity index (χ0n) is 14.3. The van der Waals surface area contributed by atoms with Crippen molar-refractivity contribution < 1.29 is 4.79 Å². The topological polar surface area (TPSA) is 35.6 Å². The molecule has 0 atom stereocenters. The van der Waals surface area contributed by atoms with Crippen molar-refractivity contribution in [3.63, 3.8) is 0 Å². The molecule has 3 rings (SSSR count). The fraction of sp³-hybridized carbons (Fsp3) is 0.632. The van der Waals surface area contributed by atoms with E-state index >= 15 is 0 Å². The lowest BCUT2D eigenvalue weighted by Crippen LogP contribution is -2.44. The van der Waals surface area contributed by atoms with Crippen molar-refractivity contribution in [3.05, 3.63) is 29.8 Å². The van der Waals surface area contributed by atoms with Gasteiger partial charge in [-0.3, -0.25) is 4.79 Å². The SMILES string of the molecule is CN1CCN(c2ccc(CNC(=O)C3CCCCC3)cc2)CC1. The number of anilines is 1. The molecule has 4 nitrogen and oxygen atoms in total. The second-order valence-electron chi connectivity index (χ2n) is 7.01. The van der Waals surface area contributed by atoms with Crippen LogP contribution in [0, 0.1) is 5.92 Å². The molecule has 1 amide bonds. The van der Waals surface area contributed by atoms with Crippen molar-refractivity contribution in [2.75, 3.05) is 38.1 Å². The number of benzene rings is 1. The van der Waals surface area contributed by atoms with Crippen LogP contribution in [0.4, 0.5) is 5.69 Å². The highest BCUT2D eigenvalue weighted by Crippen LogP contribution is 2.23. The fourth-order valence-electron chi connectivity index (χ4n) is 3.59. The molecule has 2 aliphatic rings.